The lowest BCUT2D eigenvalue weighted by Crippen LogP contribution is -2.30. The molecule has 0 aliphatic heterocycles. The largest absolute Gasteiger partial charge is 0.462 e. The number of unbranched alkanes of at least 4 members (excludes halogenated alkanes) is 34. The van der Waals surface area contributed by atoms with Gasteiger partial charge in [0.25, 0.3) is 0 Å². The molecule has 0 aromatic carbocycles. The van der Waals surface area contributed by atoms with Gasteiger partial charge >= 0.3 is 17.9 Å². The normalized spacial score (nSPS) is 12.3. The van der Waals surface area contributed by atoms with Crippen molar-refractivity contribution in [2.75, 3.05) is 13.2 Å². The Morgan fingerprint density at radius 1 is 0.299 bits per heavy atom. The van der Waals surface area contributed by atoms with Crippen molar-refractivity contribution in [2.45, 2.75) is 309 Å². The van der Waals surface area contributed by atoms with Crippen molar-refractivity contribution in [1.82, 2.24) is 0 Å². The zero-order chi connectivity index (χ0) is 48.6. The highest BCUT2D eigenvalue weighted by molar-refractivity contribution is 5.71. The summed E-state index contributed by atoms with van der Waals surface area (Å²) in [7, 11) is 0. The first-order valence-corrected chi connectivity index (χ1v) is 29.1. The summed E-state index contributed by atoms with van der Waals surface area (Å²) in [6, 6.07) is 0. The molecule has 0 radical (unpaired) electrons. The number of carbonyl (C=O) groups excluding carboxylic acids is 3. The minimum Gasteiger partial charge on any atom is -0.462 e. The Bertz CT molecular complexity index is 1170. The number of hydrogen-bond acceptors (Lipinski definition) is 6. The Balaban J connectivity index is 4.26. The highest BCUT2D eigenvalue weighted by atomic mass is 16.6. The molecule has 6 nitrogen and oxygen atoms in total. The molecule has 1 unspecified atom stereocenters. The predicted octanol–water partition coefficient (Wildman–Crippen LogP) is 19.4. The smallest absolute Gasteiger partial charge is 0.306 e. The number of hydrogen-bond donors (Lipinski definition) is 0. The van der Waals surface area contributed by atoms with Crippen molar-refractivity contribution in [1.29, 1.82) is 0 Å². The Morgan fingerprint density at radius 2 is 0.537 bits per heavy atom. The van der Waals surface area contributed by atoms with Gasteiger partial charge in [-0.25, -0.2) is 0 Å². The van der Waals surface area contributed by atoms with E-state index in [1.54, 1.807) is 0 Å². The van der Waals surface area contributed by atoms with E-state index in [0.717, 1.165) is 89.9 Å². The van der Waals surface area contributed by atoms with Crippen LogP contribution < -0.4 is 0 Å². The van der Waals surface area contributed by atoms with Crippen molar-refractivity contribution < 1.29 is 28.6 Å². The van der Waals surface area contributed by atoms with E-state index < -0.39 is 6.10 Å². The maximum Gasteiger partial charge on any atom is 0.306 e. The van der Waals surface area contributed by atoms with E-state index in [4.69, 9.17) is 14.2 Å². The summed E-state index contributed by atoms with van der Waals surface area (Å²) >= 11 is 0. The fraction of sp³-hybridized carbons (Fsp3) is 0.820. The molecule has 0 rings (SSSR count). The minimum atomic E-state index is -0.778. The second kappa shape index (κ2) is 56.0. The second-order valence-corrected chi connectivity index (χ2v) is 19.6. The van der Waals surface area contributed by atoms with Gasteiger partial charge in [-0.1, -0.05) is 249 Å². The van der Waals surface area contributed by atoms with Crippen LogP contribution in [0.25, 0.3) is 0 Å². The SMILES string of the molecule is CCCCCC/C=C\C/C=C\CCCCCCCC(=O)OC(COC(=O)CCCCCCCCCCCC)COC(=O)CCCCCCCCCCCCC/C=C\C/C=C\CCCCCCC. The third kappa shape index (κ3) is 54.2. The monoisotopic (exact) mass is 939 g/mol. The van der Waals surface area contributed by atoms with Crippen LogP contribution in [0, 0.1) is 0 Å². The first-order chi connectivity index (χ1) is 33.0. The molecular weight excluding hydrogens is 829 g/mol. The van der Waals surface area contributed by atoms with Crippen LogP contribution in [0.2, 0.25) is 0 Å². The number of ether oxygens (including phenoxy) is 3. The van der Waals surface area contributed by atoms with Gasteiger partial charge in [-0.3, -0.25) is 14.4 Å². The van der Waals surface area contributed by atoms with Crippen LogP contribution in [0.1, 0.15) is 303 Å². The molecule has 390 valence electrons. The molecule has 0 aliphatic rings. The fourth-order valence-corrected chi connectivity index (χ4v) is 8.39. The molecule has 0 N–H and O–H groups in total. The number of rotatable bonds is 53. The Kier molecular flexibility index (Phi) is 53.8. The summed E-state index contributed by atoms with van der Waals surface area (Å²) in [4.78, 5) is 38.1. The van der Waals surface area contributed by atoms with Gasteiger partial charge < -0.3 is 14.2 Å². The number of allylic oxidation sites excluding steroid dienone is 8. The summed E-state index contributed by atoms with van der Waals surface area (Å²) in [5, 5.41) is 0. The van der Waals surface area contributed by atoms with Crippen LogP contribution in [0.3, 0.4) is 0 Å². The highest BCUT2D eigenvalue weighted by Gasteiger charge is 2.19. The minimum absolute atomic E-state index is 0.0767. The van der Waals surface area contributed by atoms with Crippen molar-refractivity contribution in [3.8, 4) is 0 Å². The van der Waals surface area contributed by atoms with Crippen LogP contribution in [0.15, 0.2) is 48.6 Å². The van der Waals surface area contributed by atoms with Crippen molar-refractivity contribution in [3.05, 3.63) is 48.6 Å². The summed E-state index contributed by atoms with van der Waals surface area (Å²) < 4.78 is 16.8. The summed E-state index contributed by atoms with van der Waals surface area (Å²) in [5.41, 5.74) is 0. The van der Waals surface area contributed by atoms with E-state index >= 15 is 0 Å². The van der Waals surface area contributed by atoms with Crippen LogP contribution in [0.4, 0.5) is 0 Å². The van der Waals surface area contributed by atoms with E-state index in [1.807, 2.05) is 0 Å². The Morgan fingerprint density at radius 3 is 0.836 bits per heavy atom. The zero-order valence-corrected chi connectivity index (χ0v) is 44.7. The van der Waals surface area contributed by atoms with Crippen LogP contribution >= 0.6 is 0 Å². The first kappa shape index (κ1) is 64.4. The van der Waals surface area contributed by atoms with E-state index in [2.05, 4.69) is 69.4 Å². The molecule has 0 fully saturated rings. The molecule has 1 atom stereocenters. The molecule has 6 heteroatoms. The summed E-state index contributed by atoms with van der Waals surface area (Å²) in [6.45, 7) is 6.61. The van der Waals surface area contributed by atoms with Crippen molar-refractivity contribution in [2.24, 2.45) is 0 Å². The predicted molar refractivity (Wildman–Crippen MR) is 289 cm³/mol. The van der Waals surface area contributed by atoms with Gasteiger partial charge in [0, 0.05) is 19.3 Å². The Hall–Kier alpha value is -2.63. The third-order valence-electron chi connectivity index (χ3n) is 12.8. The number of carbonyl (C=O) groups is 3. The molecule has 0 amide bonds. The molecule has 0 saturated carbocycles. The van der Waals surface area contributed by atoms with Gasteiger partial charge in [-0.15, -0.1) is 0 Å². The third-order valence-corrected chi connectivity index (χ3v) is 12.8. The van der Waals surface area contributed by atoms with E-state index in [1.165, 1.54) is 173 Å². The Labute approximate surface area is 416 Å². The number of esters is 3. The molecule has 0 aromatic rings. The standard InChI is InChI=1S/C61H110O6/c1-4-7-10-13-16-19-22-24-26-28-29-30-31-32-33-34-36-37-39-42-45-48-51-54-60(63)66-57-58(56-65-59(62)53-50-47-44-41-21-18-15-12-9-6-3)67-61(64)55-52-49-46-43-40-38-35-27-25-23-20-17-14-11-8-5-2/h20,22-24,27-29,35,58H,4-19,21,25-26,30-34,36-57H2,1-3H3/b23-20-,24-22-,29-28-,35-27-. The lowest BCUT2D eigenvalue weighted by Gasteiger charge is -2.18. The van der Waals surface area contributed by atoms with Gasteiger partial charge in [0.2, 0.25) is 0 Å². The summed E-state index contributed by atoms with van der Waals surface area (Å²) in [5.74, 6) is -0.881. The molecule has 0 saturated heterocycles. The van der Waals surface area contributed by atoms with Crippen molar-refractivity contribution >= 4 is 17.9 Å². The molecule has 0 aromatic heterocycles. The molecule has 0 aliphatic carbocycles. The van der Waals surface area contributed by atoms with Gasteiger partial charge in [0.05, 0.1) is 0 Å². The first-order valence-electron chi connectivity index (χ1n) is 29.1. The van der Waals surface area contributed by atoms with Crippen LogP contribution in [-0.4, -0.2) is 37.2 Å². The summed E-state index contributed by atoms with van der Waals surface area (Å²) in [6.07, 6.45) is 68.2. The average molecular weight is 940 g/mol. The quantitative estimate of drug-likeness (QED) is 0.0262. The maximum absolute atomic E-state index is 12.8. The van der Waals surface area contributed by atoms with E-state index in [-0.39, 0.29) is 31.1 Å². The van der Waals surface area contributed by atoms with Gasteiger partial charge in [0.1, 0.15) is 13.2 Å². The molecular formula is C61H110O6. The van der Waals surface area contributed by atoms with E-state index in [9.17, 15) is 14.4 Å². The zero-order valence-electron chi connectivity index (χ0n) is 44.7. The van der Waals surface area contributed by atoms with Crippen molar-refractivity contribution in [3.63, 3.8) is 0 Å². The van der Waals surface area contributed by atoms with Gasteiger partial charge in [0.15, 0.2) is 6.10 Å². The van der Waals surface area contributed by atoms with Crippen LogP contribution in [-0.2, 0) is 28.6 Å². The van der Waals surface area contributed by atoms with Gasteiger partial charge in [-0.2, -0.15) is 0 Å². The lowest BCUT2D eigenvalue weighted by molar-refractivity contribution is -0.167. The molecule has 0 bridgehead atoms. The van der Waals surface area contributed by atoms with Gasteiger partial charge in [-0.05, 0) is 83.5 Å². The topological polar surface area (TPSA) is 78.9 Å². The molecule has 67 heavy (non-hydrogen) atoms. The van der Waals surface area contributed by atoms with Crippen LogP contribution in [0.5, 0.6) is 0 Å². The maximum atomic E-state index is 12.8. The second-order valence-electron chi connectivity index (χ2n) is 19.6. The average Bonchev–Trinajstić information content (AvgIpc) is 3.33. The fourth-order valence-electron chi connectivity index (χ4n) is 8.39. The van der Waals surface area contributed by atoms with E-state index in [0.29, 0.717) is 19.3 Å². The highest BCUT2D eigenvalue weighted by Crippen LogP contribution is 2.16. The molecule has 0 heterocycles. The lowest BCUT2D eigenvalue weighted by atomic mass is 10.0. The molecule has 0 spiro atoms.